The minimum absolute atomic E-state index is 0.539. The predicted molar refractivity (Wildman–Crippen MR) is 106 cm³/mol. The third kappa shape index (κ3) is 6.18. The summed E-state index contributed by atoms with van der Waals surface area (Å²) in [6, 6.07) is 0.611. The van der Waals surface area contributed by atoms with Gasteiger partial charge in [0, 0.05) is 26.2 Å². The number of likely N-dealkylation sites (tertiary alicyclic amines) is 1. The molecule has 0 aromatic carbocycles. The molecule has 0 aliphatic carbocycles. The molecule has 0 amide bonds. The minimum atomic E-state index is 0.539. The number of nitrogens with one attached hydrogen (secondary N) is 2. The fourth-order valence-corrected chi connectivity index (χ4v) is 3.53. The van der Waals surface area contributed by atoms with E-state index in [9.17, 15) is 0 Å². The fraction of sp³-hybridized carbons (Fsp3) is 0.824. The molecule has 1 aliphatic rings. The Balaban J connectivity index is 1.91. The highest BCUT2D eigenvalue weighted by molar-refractivity contribution is 7.98. The Morgan fingerprint density at radius 3 is 2.88 bits per heavy atom. The van der Waals surface area contributed by atoms with Crippen molar-refractivity contribution in [1.82, 2.24) is 30.3 Å². The van der Waals surface area contributed by atoms with Crippen molar-refractivity contribution in [3.05, 3.63) is 11.6 Å². The van der Waals surface area contributed by atoms with Gasteiger partial charge in [0.05, 0.1) is 0 Å². The molecule has 1 aromatic rings. The molecule has 0 spiro atoms. The van der Waals surface area contributed by atoms with Crippen LogP contribution in [0.5, 0.6) is 0 Å². The second kappa shape index (κ2) is 10.7. The van der Waals surface area contributed by atoms with Crippen molar-refractivity contribution in [2.45, 2.75) is 45.7 Å². The van der Waals surface area contributed by atoms with Gasteiger partial charge in [-0.2, -0.15) is 11.8 Å². The van der Waals surface area contributed by atoms with E-state index in [4.69, 9.17) is 4.99 Å². The van der Waals surface area contributed by atoms with E-state index in [0.717, 1.165) is 49.4 Å². The molecule has 1 unspecified atom stereocenters. The van der Waals surface area contributed by atoms with E-state index in [2.05, 4.69) is 38.9 Å². The van der Waals surface area contributed by atoms with Crippen molar-refractivity contribution < 1.29 is 0 Å². The summed E-state index contributed by atoms with van der Waals surface area (Å²) in [5.74, 6) is 3.84. The maximum absolute atomic E-state index is 4.72. The van der Waals surface area contributed by atoms with E-state index < -0.39 is 0 Å². The van der Waals surface area contributed by atoms with E-state index in [-0.39, 0.29) is 0 Å². The summed E-state index contributed by atoms with van der Waals surface area (Å²) < 4.78 is 1.99. The molecule has 1 aliphatic heterocycles. The van der Waals surface area contributed by atoms with Crippen LogP contribution in [-0.4, -0.2) is 69.9 Å². The largest absolute Gasteiger partial charge is 0.356 e. The fourth-order valence-electron chi connectivity index (χ4n) is 3.09. The van der Waals surface area contributed by atoms with Crippen LogP contribution in [0.1, 0.15) is 37.8 Å². The van der Waals surface area contributed by atoms with E-state index in [1.54, 1.807) is 0 Å². The van der Waals surface area contributed by atoms with E-state index in [1.807, 2.05) is 30.3 Å². The van der Waals surface area contributed by atoms with Crippen LogP contribution in [-0.2, 0) is 13.6 Å². The Morgan fingerprint density at radius 1 is 1.36 bits per heavy atom. The molecule has 25 heavy (non-hydrogen) atoms. The lowest BCUT2D eigenvalue weighted by atomic mass is 10.2. The molecule has 1 fully saturated rings. The maximum Gasteiger partial charge on any atom is 0.191 e. The van der Waals surface area contributed by atoms with Crippen LogP contribution in [0, 0.1) is 6.92 Å². The average molecular weight is 368 g/mol. The van der Waals surface area contributed by atoms with Gasteiger partial charge in [-0.3, -0.25) is 4.90 Å². The number of likely N-dealkylation sites (N-methyl/N-ethyl adjacent to an activating group) is 1. The highest BCUT2D eigenvalue weighted by Gasteiger charge is 2.22. The Bertz CT molecular complexity index is 543. The van der Waals surface area contributed by atoms with Gasteiger partial charge in [0.1, 0.15) is 12.4 Å². The predicted octanol–water partition coefficient (Wildman–Crippen LogP) is 1.40. The van der Waals surface area contributed by atoms with Gasteiger partial charge in [0.2, 0.25) is 0 Å². The summed E-state index contributed by atoms with van der Waals surface area (Å²) >= 11 is 1.88. The molecule has 2 heterocycles. The molecule has 1 atom stereocenters. The Morgan fingerprint density at radius 2 is 2.20 bits per heavy atom. The number of hydrogen-bond acceptors (Lipinski definition) is 5. The Kier molecular flexibility index (Phi) is 8.54. The zero-order valence-corrected chi connectivity index (χ0v) is 16.9. The number of aromatic nitrogens is 3. The first-order valence-electron chi connectivity index (χ1n) is 9.25. The molecule has 0 bridgehead atoms. The van der Waals surface area contributed by atoms with E-state index in [1.165, 1.54) is 19.4 Å². The molecular formula is C17H33N7S. The number of rotatable bonds is 9. The van der Waals surface area contributed by atoms with Crippen molar-refractivity contribution in [3.8, 4) is 0 Å². The molecule has 7 nitrogen and oxygen atoms in total. The lowest BCUT2D eigenvalue weighted by Gasteiger charge is -2.24. The standard InChI is InChI=1S/C17H33N7S/c1-5-24-10-6-8-15(24)12-19-17(18-9-7-11-25-4)20-13-16-22-21-14(2)23(16)3/h15H,5-13H2,1-4H3,(H2,18,19,20). The smallest absolute Gasteiger partial charge is 0.191 e. The average Bonchev–Trinajstić information content (AvgIpc) is 3.20. The summed E-state index contributed by atoms with van der Waals surface area (Å²) in [7, 11) is 1.98. The normalized spacial score (nSPS) is 18.7. The first-order chi connectivity index (χ1) is 12.2. The highest BCUT2D eigenvalue weighted by Crippen LogP contribution is 2.15. The Labute approximate surface area is 156 Å². The van der Waals surface area contributed by atoms with Crippen LogP contribution in [0.4, 0.5) is 0 Å². The zero-order chi connectivity index (χ0) is 18.1. The molecule has 2 rings (SSSR count). The van der Waals surface area contributed by atoms with Gasteiger partial charge in [-0.15, -0.1) is 10.2 Å². The molecule has 0 radical (unpaired) electrons. The SMILES string of the molecule is CCN1CCCC1CNC(=NCc1nnc(C)n1C)NCCCSC. The van der Waals surface area contributed by atoms with Crippen molar-refractivity contribution in [3.63, 3.8) is 0 Å². The lowest BCUT2D eigenvalue weighted by molar-refractivity contribution is 0.267. The van der Waals surface area contributed by atoms with E-state index >= 15 is 0 Å². The van der Waals surface area contributed by atoms with Gasteiger partial charge in [0.25, 0.3) is 0 Å². The number of thioether (sulfide) groups is 1. The zero-order valence-electron chi connectivity index (χ0n) is 16.1. The molecule has 142 valence electrons. The van der Waals surface area contributed by atoms with Crippen molar-refractivity contribution in [2.75, 3.05) is 38.2 Å². The summed E-state index contributed by atoms with van der Waals surface area (Å²) in [5.41, 5.74) is 0. The molecule has 0 saturated carbocycles. The second-order valence-corrected chi connectivity index (χ2v) is 7.45. The van der Waals surface area contributed by atoms with Crippen LogP contribution < -0.4 is 10.6 Å². The van der Waals surface area contributed by atoms with Crippen molar-refractivity contribution in [2.24, 2.45) is 12.0 Å². The topological polar surface area (TPSA) is 70.4 Å². The number of hydrogen-bond donors (Lipinski definition) is 2. The van der Waals surface area contributed by atoms with Gasteiger partial charge in [-0.1, -0.05) is 6.92 Å². The molecular weight excluding hydrogens is 334 g/mol. The maximum atomic E-state index is 4.72. The highest BCUT2D eigenvalue weighted by atomic mass is 32.2. The number of nitrogens with zero attached hydrogens (tertiary/aromatic N) is 5. The van der Waals surface area contributed by atoms with Crippen LogP contribution in [0.25, 0.3) is 0 Å². The Hall–Kier alpha value is -1.28. The van der Waals surface area contributed by atoms with Crippen LogP contribution in [0.15, 0.2) is 4.99 Å². The molecule has 8 heteroatoms. The minimum Gasteiger partial charge on any atom is -0.356 e. The van der Waals surface area contributed by atoms with Gasteiger partial charge in [0.15, 0.2) is 11.8 Å². The van der Waals surface area contributed by atoms with Crippen molar-refractivity contribution in [1.29, 1.82) is 0 Å². The van der Waals surface area contributed by atoms with Gasteiger partial charge in [-0.05, 0) is 51.3 Å². The van der Waals surface area contributed by atoms with Gasteiger partial charge < -0.3 is 15.2 Å². The van der Waals surface area contributed by atoms with Crippen molar-refractivity contribution >= 4 is 17.7 Å². The number of aryl methyl sites for hydroxylation is 1. The summed E-state index contributed by atoms with van der Waals surface area (Å²) in [6.07, 6.45) is 5.84. The summed E-state index contributed by atoms with van der Waals surface area (Å²) in [6.45, 7) is 8.96. The van der Waals surface area contributed by atoms with E-state index in [0.29, 0.717) is 12.6 Å². The summed E-state index contributed by atoms with van der Waals surface area (Å²) in [5, 5.41) is 15.3. The van der Waals surface area contributed by atoms with Gasteiger partial charge >= 0.3 is 0 Å². The number of aliphatic imine (C=N–C) groups is 1. The monoisotopic (exact) mass is 367 g/mol. The number of guanidine groups is 1. The van der Waals surface area contributed by atoms with Crippen LogP contribution in [0.2, 0.25) is 0 Å². The third-order valence-corrected chi connectivity index (χ3v) is 5.49. The first kappa shape index (κ1) is 20.0. The quantitative estimate of drug-likeness (QED) is 0.391. The second-order valence-electron chi connectivity index (χ2n) is 6.47. The molecule has 1 saturated heterocycles. The molecule has 1 aromatic heterocycles. The lowest BCUT2D eigenvalue weighted by Crippen LogP contribution is -2.45. The molecule has 2 N–H and O–H groups in total. The van der Waals surface area contributed by atoms with Gasteiger partial charge in [-0.25, -0.2) is 4.99 Å². The first-order valence-corrected chi connectivity index (χ1v) is 10.6. The van der Waals surface area contributed by atoms with Crippen LogP contribution in [0.3, 0.4) is 0 Å². The summed E-state index contributed by atoms with van der Waals surface area (Å²) in [4.78, 5) is 7.27. The van der Waals surface area contributed by atoms with Crippen LogP contribution >= 0.6 is 11.8 Å². The third-order valence-electron chi connectivity index (χ3n) is 4.79.